The van der Waals surface area contributed by atoms with Crippen LogP contribution >= 0.6 is 11.8 Å². The fraction of sp³-hybridized carbons (Fsp3) is 0.667. The Morgan fingerprint density at radius 1 is 1.27 bits per heavy atom. The zero-order chi connectivity index (χ0) is 15.3. The Hall–Kier alpha value is -0.710. The van der Waals surface area contributed by atoms with E-state index in [1.165, 1.54) is 29.9 Å². The van der Waals surface area contributed by atoms with Crippen LogP contribution in [-0.4, -0.2) is 44.4 Å². The van der Waals surface area contributed by atoms with Crippen LogP contribution in [0.15, 0.2) is 24.3 Å². The summed E-state index contributed by atoms with van der Waals surface area (Å²) in [6.07, 6.45) is 4.88. The minimum absolute atomic E-state index is 0.215. The van der Waals surface area contributed by atoms with Gasteiger partial charge in [-0.1, -0.05) is 12.1 Å². The molecular weight excluding hydrogens is 294 g/mol. The van der Waals surface area contributed by atoms with Gasteiger partial charge in [0.05, 0.1) is 7.11 Å². The van der Waals surface area contributed by atoms with Crippen molar-refractivity contribution in [3.63, 3.8) is 0 Å². The second-order valence-electron chi connectivity index (χ2n) is 6.42. The third kappa shape index (κ3) is 3.79. The molecule has 2 fully saturated rings. The van der Waals surface area contributed by atoms with Crippen LogP contribution < -0.4 is 10.1 Å². The minimum Gasteiger partial charge on any atom is -0.497 e. The van der Waals surface area contributed by atoms with Gasteiger partial charge in [0.2, 0.25) is 0 Å². The molecule has 0 aliphatic carbocycles. The van der Waals surface area contributed by atoms with E-state index in [0.717, 1.165) is 38.3 Å². The van der Waals surface area contributed by atoms with Gasteiger partial charge in [-0.05, 0) is 49.1 Å². The summed E-state index contributed by atoms with van der Waals surface area (Å²) in [5, 5.41) is 3.85. The fourth-order valence-electron chi connectivity index (χ4n) is 3.52. The van der Waals surface area contributed by atoms with Crippen LogP contribution in [0.1, 0.15) is 31.2 Å². The number of thioether (sulfide) groups is 1. The topological polar surface area (TPSA) is 30.5 Å². The van der Waals surface area contributed by atoms with Crippen LogP contribution in [0.3, 0.4) is 0 Å². The average molecular weight is 321 g/mol. The normalized spacial score (nSPS) is 24.9. The number of nitrogens with one attached hydrogen (secondary N) is 1. The molecule has 2 heterocycles. The highest BCUT2D eigenvalue weighted by Crippen LogP contribution is 2.35. The average Bonchev–Trinajstić information content (AvgIpc) is 2.62. The Morgan fingerprint density at radius 3 is 2.68 bits per heavy atom. The third-order valence-electron chi connectivity index (χ3n) is 5.04. The van der Waals surface area contributed by atoms with Gasteiger partial charge in [-0.15, -0.1) is 0 Å². The Morgan fingerprint density at radius 2 is 2.05 bits per heavy atom. The molecule has 1 aromatic carbocycles. The van der Waals surface area contributed by atoms with E-state index in [0.29, 0.717) is 6.04 Å². The van der Waals surface area contributed by atoms with Crippen molar-refractivity contribution in [2.75, 3.05) is 38.4 Å². The van der Waals surface area contributed by atoms with E-state index < -0.39 is 0 Å². The van der Waals surface area contributed by atoms with E-state index in [4.69, 9.17) is 9.47 Å². The van der Waals surface area contributed by atoms with Crippen LogP contribution in [0.4, 0.5) is 0 Å². The molecule has 22 heavy (non-hydrogen) atoms. The molecule has 0 amide bonds. The standard InChI is InChI=1S/C18H27NO2S/c1-20-17-6-4-15(5-7-17)18(8-10-21-11-9-18)14-19-16-3-2-12-22-13-16/h4-7,16,19H,2-3,8-14H2,1H3/t16-/m1/s1. The molecule has 4 heteroatoms. The molecule has 3 nitrogen and oxygen atoms in total. The van der Waals surface area contributed by atoms with Gasteiger partial charge in [0.15, 0.2) is 0 Å². The van der Waals surface area contributed by atoms with E-state index in [9.17, 15) is 0 Å². The van der Waals surface area contributed by atoms with Gasteiger partial charge in [0.25, 0.3) is 0 Å². The summed E-state index contributed by atoms with van der Waals surface area (Å²) in [6, 6.07) is 9.33. The molecule has 1 N–H and O–H groups in total. The quantitative estimate of drug-likeness (QED) is 0.902. The Balaban J connectivity index is 1.71. The van der Waals surface area contributed by atoms with E-state index in [2.05, 4.69) is 41.3 Å². The molecule has 0 saturated carbocycles. The van der Waals surface area contributed by atoms with Gasteiger partial charge < -0.3 is 14.8 Å². The molecule has 0 aromatic heterocycles. The Bertz CT molecular complexity index is 451. The monoisotopic (exact) mass is 321 g/mol. The lowest BCUT2D eigenvalue weighted by molar-refractivity contribution is 0.0489. The third-order valence-corrected chi connectivity index (χ3v) is 6.26. The predicted molar refractivity (Wildman–Crippen MR) is 93.1 cm³/mol. The summed E-state index contributed by atoms with van der Waals surface area (Å²) < 4.78 is 10.9. The highest BCUT2D eigenvalue weighted by atomic mass is 32.2. The van der Waals surface area contributed by atoms with E-state index >= 15 is 0 Å². The first-order valence-corrected chi connectivity index (χ1v) is 9.51. The zero-order valence-electron chi connectivity index (χ0n) is 13.5. The zero-order valence-corrected chi connectivity index (χ0v) is 14.3. The maximum absolute atomic E-state index is 5.63. The number of hydrogen-bond donors (Lipinski definition) is 1. The van der Waals surface area contributed by atoms with Crippen molar-refractivity contribution in [1.29, 1.82) is 0 Å². The molecule has 2 aliphatic rings. The molecule has 0 spiro atoms. The van der Waals surface area contributed by atoms with Crippen molar-refractivity contribution in [2.45, 2.75) is 37.1 Å². The molecule has 122 valence electrons. The largest absolute Gasteiger partial charge is 0.497 e. The lowest BCUT2D eigenvalue weighted by atomic mass is 9.74. The lowest BCUT2D eigenvalue weighted by Gasteiger charge is -2.39. The smallest absolute Gasteiger partial charge is 0.118 e. The Labute approximate surface area is 138 Å². The maximum Gasteiger partial charge on any atom is 0.118 e. The summed E-state index contributed by atoms with van der Waals surface area (Å²) in [6.45, 7) is 2.80. The second kappa shape index (κ2) is 7.71. The van der Waals surface area contributed by atoms with Crippen molar-refractivity contribution in [3.05, 3.63) is 29.8 Å². The van der Waals surface area contributed by atoms with Crippen molar-refractivity contribution in [3.8, 4) is 5.75 Å². The fourth-order valence-corrected chi connectivity index (χ4v) is 4.62. The van der Waals surface area contributed by atoms with Gasteiger partial charge >= 0.3 is 0 Å². The van der Waals surface area contributed by atoms with E-state index in [1.807, 2.05) is 0 Å². The van der Waals surface area contributed by atoms with E-state index in [-0.39, 0.29) is 5.41 Å². The first kappa shape index (κ1) is 16.2. The lowest BCUT2D eigenvalue weighted by Crippen LogP contribution is -2.47. The van der Waals surface area contributed by atoms with Gasteiger partial charge in [0.1, 0.15) is 5.75 Å². The van der Waals surface area contributed by atoms with Crippen molar-refractivity contribution < 1.29 is 9.47 Å². The van der Waals surface area contributed by atoms with Crippen LogP contribution in [0, 0.1) is 0 Å². The molecule has 0 radical (unpaired) electrons. The van der Waals surface area contributed by atoms with Crippen molar-refractivity contribution >= 4 is 11.8 Å². The summed E-state index contributed by atoms with van der Waals surface area (Å²) in [7, 11) is 1.72. The van der Waals surface area contributed by atoms with Crippen LogP contribution in [0.2, 0.25) is 0 Å². The summed E-state index contributed by atoms with van der Waals surface area (Å²) in [5.41, 5.74) is 1.64. The van der Waals surface area contributed by atoms with E-state index in [1.54, 1.807) is 7.11 Å². The number of hydrogen-bond acceptors (Lipinski definition) is 4. The van der Waals surface area contributed by atoms with Crippen LogP contribution in [-0.2, 0) is 10.2 Å². The maximum atomic E-state index is 5.63. The van der Waals surface area contributed by atoms with Crippen molar-refractivity contribution in [2.24, 2.45) is 0 Å². The number of benzene rings is 1. The van der Waals surface area contributed by atoms with Gasteiger partial charge in [-0.2, -0.15) is 11.8 Å². The molecule has 1 atom stereocenters. The molecule has 3 rings (SSSR count). The number of methoxy groups -OCH3 is 1. The minimum atomic E-state index is 0.215. The molecule has 2 aliphatic heterocycles. The molecule has 0 unspecified atom stereocenters. The summed E-state index contributed by atoms with van der Waals surface area (Å²) >= 11 is 2.09. The van der Waals surface area contributed by atoms with Gasteiger partial charge in [0, 0.05) is 37.0 Å². The first-order valence-electron chi connectivity index (χ1n) is 8.36. The predicted octanol–water partition coefficient (Wildman–Crippen LogP) is 3.23. The summed E-state index contributed by atoms with van der Waals surface area (Å²) in [4.78, 5) is 0. The molecule has 2 saturated heterocycles. The highest BCUT2D eigenvalue weighted by Gasteiger charge is 2.35. The summed E-state index contributed by atoms with van der Waals surface area (Å²) in [5.74, 6) is 3.52. The molecular formula is C18H27NO2S. The molecule has 1 aromatic rings. The highest BCUT2D eigenvalue weighted by molar-refractivity contribution is 7.99. The Kier molecular flexibility index (Phi) is 5.66. The van der Waals surface area contributed by atoms with Gasteiger partial charge in [-0.25, -0.2) is 0 Å². The van der Waals surface area contributed by atoms with Crippen LogP contribution in [0.25, 0.3) is 0 Å². The SMILES string of the molecule is COc1ccc(C2(CN[C@@H]3CCCSC3)CCOCC2)cc1. The van der Waals surface area contributed by atoms with Crippen molar-refractivity contribution in [1.82, 2.24) is 5.32 Å². The van der Waals surface area contributed by atoms with Crippen LogP contribution in [0.5, 0.6) is 5.75 Å². The number of rotatable bonds is 5. The second-order valence-corrected chi connectivity index (χ2v) is 7.57. The number of ether oxygens (including phenoxy) is 2. The van der Waals surface area contributed by atoms with Gasteiger partial charge in [-0.3, -0.25) is 0 Å². The molecule has 0 bridgehead atoms. The first-order chi connectivity index (χ1) is 10.8.